The molecule has 1 N–H and O–H groups in total. The number of benzene rings is 1. The summed E-state index contributed by atoms with van der Waals surface area (Å²) < 4.78 is 26.6. The fourth-order valence-corrected chi connectivity index (χ4v) is 1.99. The summed E-state index contributed by atoms with van der Waals surface area (Å²) in [5, 5.41) is 10.4. The number of halogens is 3. The van der Waals surface area contributed by atoms with Crippen molar-refractivity contribution in [2.75, 3.05) is 5.32 Å². The van der Waals surface area contributed by atoms with Gasteiger partial charge in [-0.2, -0.15) is 0 Å². The van der Waals surface area contributed by atoms with Crippen molar-refractivity contribution in [1.29, 1.82) is 0 Å². The molecule has 0 saturated carbocycles. The van der Waals surface area contributed by atoms with E-state index < -0.39 is 11.6 Å². The molecule has 1 aromatic carbocycles. The van der Waals surface area contributed by atoms with Gasteiger partial charge < -0.3 is 5.32 Å². The quantitative estimate of drug-likeness (QED) is 0.922. The van der Waals surface area contributed by atoms with Gasteiger partial charge in [0.2, 0.25) is 5.13 Å². The lowest BCUT2D eigenvalue weighted by Crippen LogP contribution is -1.94. The van der Waals surface area contributed by atoms with Crippen LogP contribution in [0.15, 0.2) is 22.1 Å². The van der Waals surface area contributed by atoms with E-state index in [9.17, 15) is 8.78 Å². The lowest BCUT2D eigenvalue weighted by molar-refractivity contribution is 0.603. The van der Waals surface area contributed by atoms with Crippen LogP contribution in [0.5, 0.6) is 0 Å². The van der Waals surface area contributed by atoms with E-state index in [4.69, 9.17) is 0 Å². The maximum atomic E-state index is 13.2. The lowest BCUT2D eigenvalue weighted by Gasteiger charge is -2.02. The minimum Gasteiger partial charge on any atom is -0.328 e. The first-order valence-corrected chi connectivity index (χ1v) is 5.47. The number of hydrogen-bond donors (Lipinski definition) is 1. The molecule has 78 valence electrons. The van der Waals surface area contributed by atoms with Gasteiger partial charge in [0.25, 0.3) is 0 Å². The molecule has 0 radical (unpaired) electrons. The minimum absolute atomic E-state index is 0.0404. The van der Waals surface area contributed by atoms with Crippen molar-refractivity contribution in [1.82, 2.24) is 10.2 Å². The molecule has 0 bridgehead atoms. The normalized spacial score (nSPS) is 10.3. The molecule has 1 aromatic heterocycles. The van der Waals surface area contributed by atoms with Crippen LogP contribution in [0.3, 0.4) is 0 Å². The monoisotopic (exact) mass is 291 g/mol. The molecule has 0 atom stereocenters. The van der Waals surface area contributed by atoms with Crippen molar-refractivity contribution < 1.29 is 8.78 Å². The van der Waals surface area contributed by atoms with Gasteiger partial charge in [-0.05, 0) is 28.1 Å². The van der Waals surface area contributed by atoms with Crippen LogP contribution < -0.4 is 5.32 Å². The van der Waals surface area contributed by atoms with Crippen LogP contribution in [0.1, 0.15) is 0 Å². The Morgan fingerprint density at radius 3 is 2.73 bits per heavy atom. The highest BCUT2D eigenvalue weighted by Gasteiger charge is 2.07. The fraction of sp³-hybridized carbons (Fsp3) is 0. The smallest absolute Gasteiger partial charge is 0.210 e. The molecule has 0 aliphatic heterocycles. The number of aromatic nitrogens is 2. The second-order valence-corrected chi connectivity index (χ2v) is 4.86. The van der Waals surface area contributed by atoms with Gasteiger partial charge in [-0.25, -0.2) is 8.78 Å². The Morgan fingerprint density at radius 2 is 2.07 bits per heavy atom. The average Bonchev–Trinajstić information content (AvgIpc) is 2.58. The van der Waals surface area contributed by atoms with Gasteiger partial charge in [0.15, 0.2) is 3.92 Å². The highest BCUT2D eigenvalue weighted by Crippen LogP contribution is 2.25. The summed E-state index contributed by atoms with van der Waals surface area (Å²) in [6.07, 6.45) is 0. The second kappa shape index (κ2) is 4.19. The summed E-state index contributed by atoms with van der Waals surface area (Å²) in [5.74, 6) is -1.05. The molecule has 2 rings (SSSR count). The van der Waals surface area contributed by atoms with Gasteiger partial charge in [0.05, 0.1) is 5.69 Å². The zero-order chi connectivity index (χ0) is 10.8. The van der Waals surface area contributed by atoms with Gasteiger partial charge in [-0.3, -0.25) is 0 Å². The third-order valence-electron chi connectivity index (χ3n) is 1.57. The number of nitrogens with one attached hydrogen (secondary N) is 1. The molecule has 0 saturated heterocycles. The van der Waals surface area contributed by atoms with Gasteiger partial charge in [-0.15, -0.1) is 10.2 Å². The van der Waals surface area contributed by atoms with Crippen LogP contribution in [0.25, 0.3) is 0 Å². The topological polar surface area (TPSA) is 37.8 Å². The van der Waals surface area contributed by atoms with Gasteiger partial charge in [0, 0.05) is 6.07 Å². The lowest BCUT2D eigenvalue weighted by atomic mass is 10.3. The van der Waals surface area contributed by atoms with Gasteiger partial charge >= 0.3 is 0 Å². The third-order valence-corrected chi connectivity index (χ3v) is 2.84. The number of rotatable bonds is 2. The molecular weight excluding hydrogens is 288 g/mol. The van der Waals surface area contributed by atoms with E-state index >= 15 is 0 Å². The van der Waals surface area contributed by atoms with E-state index in [0.717, 1.165) is 18.2 Å². The number of anilines is 2. The predicted octanol–water partition coefficient (Wildman–Crippen LogP) is 3.32. The maximum absolute atomic E-state index is 13.2. The van der Waals surface area contributed by atoms with Crippen LogP contribution in [-0.4, -0.2) is 10.2 Å². The van der Waals surface area contributed by atoms with E-state index in [1.165, 1.54) is 11.3 Å². The first-order valence-electron chi connectivity index (χ1n) is 3.86. The zero-order valence-corrected chi connectivity index (χ0v) is 9.57. The van der Waals surface area contributed by atoms with E-state index in [1.807, 2.05) is 0 Å². The van der Waals surface area contributed by atoms with E-state index in [2.05, 4.69) is 31.4 Å². The SMILES string of the molecule is Fc1ccc(F)c(Nc2nnc(Br)s2)c1. The van der Waals surface area contributed by atoms with Gasteiger partial charge in [0.1, 0.15) is 11.6 Å². The molecule has 0 aliphatic carbocycles. The molecule has 2 aromatic rings. The Kier molecular flexibility index (Phi) is 2.92. The molecule has 0 amide bonds. The van der Waals surface area contributed by atoms with Crippen LogP contribution in [0.4, 0.5) is 19.6 Å². The van der Waals surface area contributed by atoms with Crippen molar-refractivity contribution in [2.24, 2.45) is 0 Å². The van der Waals surface area contributed by atoms with Gasteiger partial charge in [-0.1, -0.05) is 11.3 Å². The number of nitrogens with zero attached hydrogens (tertiary/aromatic N) is 2. The molecule has 0 spiro atoms. The molecule has 0 unspecified atom stereocenters. The molecule has 3 nitrogen and oxygen atoms in total. The zero-order valence-electron chi connectivity index (χ0n) is 7.17. The Bertz CT molecular complexity index is 488. The summed E-state index contributed by atoms with van der Waals surface area (Å²) in [6, 6.07) is 3.16. The Balaban J connectivity index is 2.27. The molecule has 0 aliphatic rings. The standard InChI is InChI=1S/C8H4BrF2N3S/c9-7-13-14-8(15-7)12-6-3-4(10)1-2-5(6)11/h1-3H,(H,12,14). The predicted molar refractivity (Wildman–Crippen MR) is 57.2 cm³/mol. The largest absolute Gasteiger partial charge is 0.328 e. The second-order valence-electron chi connectivity index (χ2n) is 2.61. The Morgan fingerprint density at radius 1 is 1.27 bits per heavy atom. The fourth-order valence-electron chi connectivity index (χ4n) is 0.964. The molecule has 15 heavy (non-hydrogen) atoms. The Labute approximate surface area is 96.3 Å². The van der Waals surface area contributed by atoms with Crippen molar-refractivity contribution in [3.8, 4) is 0 Å². The van der Waals surface area contributed by atoms with Crippen LogP contribution in [0, 0.1) is 11.6 Å². The molecular formula is C8H4BrF2N3S. The van der Waals surface area contributed by atoms with Crippen LogP contribution in [0.2, 0.25) is 0 Å². The molecule has 1 heterocycles. The minimum atomic E-state index is -0.539. The summed E-state index contributed by atoms with van der Waals surface area (Å²) >= 11 is 4.31. The first kappa shape index (κ1) is 10.4. The summed E-state index contributed by atoms with van der Waals surface area (Å²) in [7, 11) is 0. The summed E-state index contributed by atoms with van der Waals surface area (Å²) in [4.78, 5) is 0. The first-order chi connectivity index (χ1) is 7.15. The number of hydrogen-bond acceptors (Lipinski definition) is 4. The highest BCUT2D eigenvalue weighted by molar-refractivity contribution is 9.11. The maximum Gasteiger partial charge on any atom is 0.210 e. The van der Waals surface area contributed by atoms with E-state index in [0.29, 0.717) is 9.05 Å². The molecule has 0 fully saturated rings. The van der Waals surface area contributed by atoms with Crippen molar-refractivity contribution in [3.63, 3.8) is 0 Å². The summed E-state index contributed by atoms with van der Waals surface area (Å²) in [5.41, 5.74) is 0.0404. The summed E-state index contributed by atoms with van der Waals surface area (Å²) in [6.45, 7) is 0. The third kappa shape index (κ3) is 2.48. The van der Waals surface area contributed by atoms with Crippen LogP contribution >= 0.6 is 27.3 Å². The highest BCUT2D eigenvalue weighted by atomic mass is 79.9. The van der Waals surface area contributed by atoms with E-state index in [1.54, 1.807) is 0 Å². The molecule has 7 heteroatoms. The average molecular weight is 292 g/mol. The Hall–Kier alpha value is -1.08. The van der Waals surface area contributed by atoms with E-state index in [-0.39, 0.29) is 5.69 Å². The van der Waals surface area contributed by atoms with Crippen LogP contribution in [-0.2, 0) is 0 Å². The van der Waals surface area contributed by atoms with Crippen molar-refractivity contribution >= 4 is 38.1 Å². The van der Waals surface area contributed by atoms with Crippen molar-refractivity contribution in [3.05, 3.63) is 33.8 Å². The van der Waals surface area contributed by atoms with Crippen molar-refractivity contribution in [2.45, 2.75) is 0 Å².